The number of carbonyl (C=O) groups is 2. The summed E-state index contributed by atoms with van der Waals surface area (Å²) >= 11 is 0. The Bertz CT molecular complexity index is 1070. The van der Waals surface area contributed by atoms with Gasteiger partial charge in [-0.15, -0.1) is 0 Å². The molecule has 0 N–H and O–H groups in total. The summed E-state index contributed by atoms with van der Waals surface area (Å²) in [5.74, 6) is -0.298. The molecule has 30 heavy (non-hydrogen) atoms. The summed E-state index contributed by atoms with van der Waals surface area (Å²) in [6.45, 7) is 7.43. The van der Waals surface area contributed by atoms with Gasteiger partial charge in [-0.2, -0.15) is 5.26 Å². The van der Waals surface area contributed by atoms with E-state index in [-0.39, 0.29) is 5.57 Å². The summed E-state index contributed by atoms with van der Waals surface area (Å²) in [6, 6.07) is 18.0. The molecule has 0 fully saturated rings. The van der Waals surface area contributed by atoms with Crippen LogP contribution in [0.3, 0.4) is 0 Å². The van der Waals surface area contributed by atoms with Gasteiger partial charge in [-0.3, -0.25) is 14.5 Å². The first-order valence-electron chi connectivity index (χ1n) is 9.57. The van der Waals surface area contributed by atoms with Crippen LogP contribution in [0.25, 0.3) is 6.08 Å². The Kier molecular flexibility index (Phi) is 6.29. The van der Waals surface area contributed by atoms with Crippen molar-refractivity contribution in [3.05, 3.63) is 95.1 Å². The number of hydrogen-bond donors (Lipinski definition) is 0. The fourth-order valence-electron chi connectivity index (χ4n) is 3.31. The third-order valence-electron chi connectivity index (χ3n) is 5.00. The zero-order valence-electron chi connectivity index (χ0n) is 17.0. The fourth-order valence-corrected chi connectivity index (χ4v) is 3.31. The number of rotatable bonds is 6. The molecule has 0 aliphatic carbocycles. The first kappa shape index (κ1) is 20.8. The minimum atomic E-state index is -0.568. The van der Waals surface area contributed by atoms with Crippen LogP contribution < -0.4 is 4.74 Å². The van der Waals surface area contributed by atoms with E-state index < -0.39 is 17.9 Å². The normalized spacial score (nSPS) is 16.4. The molecule has 1 unspecified atom stereocenters. The van der Waals surface area contributed by atoms with Crippen molar-refractivity contribution in [3.8, 4) is 11.8 Å². The molecule has 5 heteroatoms. The SMILES string of the molecule is C=CCOc1ccc(/C=C2/C(=O)N(C(C)c3ccccc3)C(=O)C(C#N)=C2C)cc1. The second-order valence-electron chi connectivity index (χ2n) is 6.91. The maximum atomic E-state index is 13.3. The Labute approximate surface area is 176 Å². The molecule has 0 saturated heterocycles. The molecule has 0 bridgehead atoms. The third-order valence-corrected chi connectivity index (χ3v) is 5.00. The molecular weight excluding hydrogens is 376 g/mol. The highest BCUT2D eigenvalue weighted by Crippen LogP contribution is 2.32. The first-order chi connectivity index (χ1) is 14.5. The van der Waals surface area contributed by atoms with Crippen molar-refractivity contribution in [2.75, 3.05) is 6.61 Å². The summed E-state index contributed by atoms with van der Waals surface area (Å²) in [7, 11) is 0. The molecule has 0 aromatic heterocycles. The molecule has 0 radical (unpaired) electrons. The van der Waals surface area contributed by atoms with E-state index in [1.54, 1.807) is 38.1 Å². The first-order valence-corrected chi connectivity index (χ1v) is 9.57. The van der Waals surface area contributed by atoms with Crippen LogP contribution in [-0.2, 0) is 9.59 Å². The number of nitriles is 1. The lowest BCUT2D eigenvalue weighted by molar-refractivity contribution is -0.143. The largest absolute Gasteiger partial charge is 0.490 e. The number of ether oxygens (including phenoxy) is 1. The second kappa shape index (κ2) is 9.06. The molecule has 5 nitrogen and oxygen atoms in total. The van der Waals surface area contributed by atoms with Crippen LogP contribution in [0.15, 0.2) is 84.0 Å². The average Bonchev–Trinajstić information content (AvgIpc) is 2.77. The van der Waals surface area contributed by atoms with Gasteiger partial charge in [0.05, 0.1) is 6.04 Å². The van der Waals surface area contributed by atoms with E-state index in [4.69, 9.17) is 4.74 Å². The van der Waals surface area contributed by atoms with Gasteiger partial charge in [0.1, 0.15) is 24.0 Å². The summed E-state index contributed by atoms with van der Waals surface area (Å²) in [5, 5.41) is 9.57. The number of amides is 2. The van der Waals surface area contributed by atoms with Gasteiger partial charge in [-0.05, 0) is 48.8 Å². The monoisotopic (exact) mass is 398 g/mol. The fraction of sp³-hybridized carbons (Fsp3) is 0.160. The van der Waals surface area contributed by atoms with Gasteiger partial charge < -0.3 is 4.74 Å². The molecule has 1 aliphatic rings. The summed E-state index contributed by atoms with van der Waals surface area (Å²) in [6.07, 6.45) is 3.36. The number of imide groups is 1. The van der Waals surface area contributed by atoms with Crippen molar-refractivity contribution < 1.29 is 14.3 Å². The van der Waals surface area contributed by atoms with Gasteiger partial charge in [0, 0.05) is 5.57 Å². The molecular formula is C25H22N2O3. The topological polar surface area (TPSA) is 70.4 Å². The quantitative estimate of drug-likeness (QED) is 0.405. The third kappa shape index (κ3) is 4.08. The molecule has 1 aliphatic heterocycles. The molecule has 3 rings (SSSR count). The van der Waals surface area contributed by atoms with Crippen LogP contribution in [0, 0.1) is 11.3 Å². The summed E-state index contributed by atoms with van der Waals surface area (Å²) in [4.78, 5) is 27.4. The predicted octanol–water partition coefficient (Wildman–Crippen LogP) is 4.60. The maximum absolute atomic E-state index is 13.3. The minimum absolute atomic E-state index is 0.0189. The van der Waals surface area contributed by atoms with Crippen LogP contribution in [-0.4, -0.2) is 23.3 Å². The van der Waals surface area contributed by atoms with E-state index in [1.807, 2.05) is 48.5 Å². The van der Waals surface area contributed by atoms with Crippen molar-refractivity contribution in [2.45, 2.75) is 19.9 Å². The number of carbonyl (C=O) groups excluding carboxylic acids is 2. The molecule has 2 aromatic rings. The smallest absolute Gasteiger partial charge is 0.272 e. The molecule has 1 atom stereocenters. The van der Waals surface area contributed by atoms with Gasteiger partial charge in [0.15, 0.2) is 0 Å². The van der Waals surface area contributed by atoms with Gasteiger partial charge in [-0.25, -0.2) is 0 Å². The summed E-state index contributed by atoms with van der Waals surface area (Å²) in [5.41, 5.74) is 2.28. The van der Waals surface area contributed by atoms with Gasteiger partial charge >= 0.3 is 0 Å². The molecule has 0 saturated carbocycles. The van der Waals surface area contributed by atoms with Crippen molar-refractivity contribution >= 4 is 17.9 Å². The van der Waals surface area contributed by atoms with E-state index in [2.05, 4.69) is 6.58 Å². The number of benzene rings is 2. The Morgan fingerprint density at radius 3 is 2.37 bits per heavy atom. The summed E-state index contributed by atoms with van der Waals surface area (Å²) < 4.78 is 5.48. The molecule has 2 amide bonds. The van der Waals surface area contributed by atoms with Crippen molar-refractivity contribution in [2.24, 2.45) is 0 Å². The van der Waals surface area contributed by atoms with E-state index in [0.29, 0.717) is 23.5 Å². The van der Waals surface area contributed by atoms with Crippen LogP contribution in [0.4, 0.5) is 0 Å². The van der Waals surface area contributed by atoms with E-state index >= 15 is 0 Å². The highest BCUT2D eigenvalue weighted by molar-refractivity contribution is 6.19. The Morgan fingerprint density at radius 2 is 1.77 bits per heavy atom. The maximum Gasteiger partial charge on any atom is 0.272 e. The van der Waals surface area contributed by atoms with E-state index in [0.717, 1.165) is 16.0 Å². The van der Waals surface area contributed by atoms with Gasteiger partial charge in [0.25, 0.3) is 11.8 Å². The Hall–Kier alpha value is -3.91. The number of hydrogen-bond acceptors (Lipinski definition) is 4. The molecule has 150 valence electrons. The van der Waals surface area contributed by atoms with Crippen LogP contribution in [0.2, 0.25) is 0 Å². The lowest BCUT2D eigenvalue weighted by Gasteiger charge is -2.32. The van der Waals surface area contributed by atoms with Crippen molar-refractivity contribution in [3.63, 3.8) is 0 Å². The molecule has 1 heterocycles. The van der Waals surface area contributed by atoms with Gasteiger partial charge in [-0.1, -0.05) is 55.1 Å². The highest BCUT2D eigenvalue weighted by Gasteiger charge is 2.38. The van der Waals surface area contributed by atoms with E-state index in [9.17, 15) is 14.9 Å². The molecule has 0 spiro atoms. The van der Waals surface area contributed by atoms with Crippen molar-refractivity contribution in [1.29, 1.82) is 5.26 Å². The average molecular weight is 398 g/mol. The van der Waals surface area contributed by atoms with Crippen LogP contribution in [0.5, 0.6) is 5.75 Å². The second-order valence-corrected chi connectivity index (χ2v) is 6.91. The molecule has 2 aromatic carbocycles. The minimum Gasteiger partial charge on any atom is -0.490 e. The highest BCUT2D eigenvalue weighted by atomic mass is 16.5. The Balaban J connectivity index is 2.01. The van der Waals surface area contributed by atoms with Gasteiger partial charge in [0.2, 0.25) is 0 Å². The van der Waals surface area contributed by atoms with E-state index in [1.165, 1.54) is 0 Å². The lowest BCUT2D eigenvalue weighted by Crippen LogP contribution is -2.44. The van der Waals surface area contributed by atoms with Crippen LogP contribution >= 0.6 is 0 Å². The standard InChI is InChI=1S/C25H22N2O3/c1-4-14-30-21-12-10-19(11-13-21)15-22-17(2)23(16-26)25(29)27(24(22)28)18(3)20-8-6-5-7-9-20/h4-13,15,18H,1,14H2,2-3H3/b22-15+. The Morgan fingerprint density at radius 1 is 1.10 bits per heavy atom. The zero-order chi connectivity index (χ0) is 21.7. The van der Waals surface area contributed by atoms with Crippen molar-refractivity contribution in [1.82, 2.24) is 4.90 Å². The zero-order valence-corrected chi connectivity index (χ0v) is 17.0. The lowest BCUT2D eigenvalue weighted by atomic mass is 9.91. The van der Waals surface area contributed by atoms with Crippen LogP contribution in [0.1, 0.15) is 31.0 Å². The predicted molar refractivity (Wildman–Crippen MR) is 115 cm³/mol. The number of nitrogens with zero attached hydrogens (tertiary/aromatic N) is 2.